The lowest BCUT2D eigenvalue weighted by atomic mass is 9.95. The minimum absolute atomic E-state index is 1.20. The summed E-state index contributed by atoms with van der Waals surface area (Å²) in [6.07, 6.45) is 10.2. The summed E-state index contributed by atoms with van der Waals surface area (Å²) in [5.41, 5.74) is 5.54. The molecule has 0 nitrogen and oxygen atoms in total. The zero-order valence-electron chi connectivity index (χ0n) is 14.2. The molecule has 0 fully saturated rings. The number of unbranched alkanes of at least 4 members (excludes halogenated alkanes) is 4. The number of hydrogen-bond donors (Lipinski definition) is 0. The second kappa shape index (κ2) is 9.46. The fraction of sp³-hybridized carbons (Fsp3) is 0.455. The maximum atomic E-state index is 3.37. The van der Waals surface area contributed by atoms with Gasteiger partial charge in [-0.3, -0.25) is 0 Å². The predicted octanol–water partition coefficient (Wildman–Crippen LogP) is 6.62. The molecule has 0 aliphatic rings. The van der Waals surface area contributed by atoms with Crippen LogP contribution in [-0.2, 0) is 12.8 Å². The van der Waals surface area contributed by atoms with Crippen LogP contribution in [0.25, 0.3) is 11.1 Å². The molecule has 0 heteroatoms. The van der Waals surface area contributed by atoms with Gasteiger partial charge in [-0.15, -0.1) is 0 Å². The van der Waals surface area contributed by atoms with Crippen LogP contribution in [0.4, 0.5) is 0 Å². The molecule has 0 spiro atoms. The van der Waals surface area contributed by atoms with Crippen molar-refractivity contribution in [3.63, 3.8) is 0 Å². The largest absolute Gasteiger partial charge is 0.0654 e. The molecule has 2 rings (SSSR count). The van der Waals surface area contributed by atoms with E-state index in [1.165, 1.54) is 73.6 Å². The lowest BCUT2D eigenvalue weighted by molar-refractivity contribution is 0.709. The highest BCUT2D eigenvalue weighted by Gasteiger charge is 2.04. The van der Waals surface area contributed by atoms with E-state index in [9.17, 15) is 0 Å². The molecule has 0 N–H and O–H groups in total. The number of rotatable bonds is 9. The van der Waals surface area contributed by atoms with E-state index in [1.807, 2.05) is 12.1 Å². The summed E-state index contributed by atoms with van der Waals surface area (Å²) in [6.45, 7) is 4.54. The van der Waals surface area contributed by atoms with Gasteiger partial charge in [-0.1, -0.05) is 82.0 Å². The summed E-state index contributed by atoms with van der Waals surface area (Å²) >= 11 is 0. The van der Waals surface area contributed by atoms with E-state index in [2.05, 4.69) is 50.2 Å². The Hall–Kier alpha value is -1.56. The molecule has 0 saturated carbocycles. The van der Waals surface area contributed by atoms with Crippen molar-refractivity contribution in [1.29, 1.82) is 0 Å². The van der Waals surface area contributed by atoms with Gasteiger partial charge in [0.1, 0.15) is 0 Å². The molecule has 0 aromatic heterocycles. The Morgan fingerprint density at radius 2 is 1.41 bits per heavy atom. The summed E-state index contributed by atoms with van der Waals surface area (Å²) < 4.78 is 0. The van der Waals surface area contributed by atoms with Gasteiger partial charge in [-0.05, 0) is 54.0 Å². The zero-order valence-corrected chi connectivity index (χ0v) is 14.2. The molecule has 22 heavy (non-hydrogen) atoms. The molecule has 0 aliphatic carbocycles. The van der Waals surface area contributed by atoms with Crippen LogP contribution < -0.4 is 0 Å². The second-order valence-corrected chi connectivity index (χ2v) is 6.23. The van der Waals surface area contributed by atoms with E-state index >= 15 is 0 Å². The fourth-order valence-corrected chi connectivity index (χ4v) is 2.94. The van der Waals surface area contributed by atoms with Crippen LogP contribution in [-0.4, -0.2) is 0 Å². The minimum atomic E-state index is 1.20. The van der Waals surface area contributed by atoms with Gasteiger partial charge in [0, 0.05) is 0 Å². The third kappa shape index (κ3) is 5.33. The molecule has 0 aliphatic heterocycles. The van der Waals surface area contributed by atoms with Crippen LogP contribution in [0.5, 0.6) is 0 Å². The van der Waals surface area contributed by atoms with Crippen molar-refractivity contribution < 1.29 is 0 Å². The Morgan fingerprint density at radius 1 is 0.773 bits per heavy atom. The van der Waals surface area contributed by atoms with Crippen LogP contribution in [0.2, 0.25) is 0 Å². The van der Waals surface area contributed by atoms with Crippen LogP contribution >= 0.6 is 0 Å². The highest BCUT2D eigenvalue weighted by molar-refractivity contribution is 5.64. The lowest BCUT2D eigenvalue weighted by Gasteiger charge is -2.10. The van der Waals surface area contributed by atoms with E-state index in [0.29, 0.717) is 0 Å². The van der Waals surface area contributed by atoms with Crippen LogP contribution in [0.3, 0.4) is 0 Å². The van der Waals surface area contributed by atoms with Crippen molar-refractivity contribution in [3.8, 4) is 11.1 Å². The maximum Gasteiger partial charge on any atom is -0.00992 e. The van der Waals surface area contributed by atoms with Crippen LogP contribution in [0, 0.1) is 6.07 Å². The van der Waals surface area contributed by atoms with Crippen molar-refractivity contribution in [1.82, 2.24) is 0 Å². The lowest BCUT2D eigenvalue weighted by Crippen LogP contribution is -1.93. The topological polar surface area (TPSA) is 0 Å². The third-order valence-corrected chi connectivity index (χ3v) is 4.21. The molecular formula is C22H29. The smallest absolute Gasteiger partial charge is 0.00992 e. The molecule has 1 radical (unpaired) electrons. The van der Waals surface area contributed by atoms with Crippen molar-refractivity contribution >= 4 is 0 Å². The van der Waals surface area contributed by atoms with Gasteiger partial charge in [0.05, 0.1) is 0 Å². The molecule has 0 unspecified atom stereocenters. The van der Waals surface area contributed by atoms with E-state index < -0.39 is 0 Å². The standard InChI is InChI=1S/C22H29/c1-3-5-8-12-19-16-20(13-9-6-4-2)18-22(17-19)21-14-10-7-11-15-21/h7,10-11,14,16-18H,3-6,8-9,12-13H2,1-2H3. The molecule has 117 valence electrons. The highest BCUT2D eigenvalue weighted by Crippen LogP contribution is 2.24. The van der Waals surface area contributed by atoms with Gasteiger partial charge in [0.2, 0.25) is 0 Å². The van der Waals surface area contributed by atoms with Gasteiger partial charge >= 0.3 is 0 Å². The number of aryl methyl sites for hydroxylation is 2. The second-order valence-electron chi connectivity index (χ2n) is 6.23. The first-order valence-corrected chi connectivity index (χ1v) is 8.93. The Balaban J connectivity index is 2.19. The molecular weight excluding hydrogens is 264 g/mol. The Kier molecular flexibility index (Phi) is 7.22. The fourth-order valence-electron chi connectivity index (χ4n) is 2.94. The van der Waals surface area contributed by atoms with Gasteiger partial charge in [-0.25, -0.2) is 0 Å². The normalized spacial score (nSPS) is 10.8. The molecule has 2 aromatic carbocycles. The summed E-state index contributed by atoms with van der Waals surface area (Å²) in [7, 11) is 0. The molecule has 0 saturated heterocycles. The predicted molar refractivity (Wildman–Crippen MR) is 97.2 cm³/mol. The van der Waals surface area contributed by atoms with E-state index in [1.54, 1.807) is 0 Å². The highest BCUT2D eigenvalue weighted by atomic mass is 14.1. The number of hydrogen-bond acceptors (Lipinski definition) is 0. The van der Waals surface area contributed by atoms with Gasteiger partial charge in [0.15, 0.2) is 0 Å². The third-order valence-electron chi connectivity index (χ3n) is 4.21. The van der Waals surface area contributed by atoms with E-state index in [-0.39, 0.29) is 0 Å². The zero-order chi connectivity index (χ0) is 15.6. The quantitative estimate of drug-likeness (QED) is 0.456. The first-order valence-electron chi connectivity index (χ1n) is 8.93. The molecule has 0 amide bonds. The first-order chi connectivity index (χ1) is 10.8. The average Bonchev–Trinajstić information content (AvgIpc) is 2.56. The van der Waals surface area contributed by atoms with Crippen LogP contribution in [0.1, 0.15) is 63.5 Å². The van der Waals surface area contributed by atoms with E-state index in [0.717, 1.165) is 0 Å². The van der Waals surface area contributed by atoms with Gasteiger partial charge in [-0.2, -0.15) is 0 Å². The average molecular weight is 293 g/mol. The summed E-state index contributed by atoms with van der Waals surface area (Å²) in [4.78, 5) is 0. The summed E-state index contributed by atoms with van der Waals surface area (Å²) in [5.74, 6) is 0. The van der Waals surface area contributed by atoms with Crippen molar-refractivity contribution in [3.05, 3.63) is 59.7 Å². The Bertz CT molecular complexity index is 511. The molecule has 2 aromatic rings. The SMILES string of the molecule is CCCCCc1cc(CCCCC)cc(-c2[c]cccc2)c1. The van der Waals surface area contributed by atoms with Crippen LogP contribution in [0.15, 0.2) is 42.5 Å². The Morgan fingerprint density at radius 3 is 1.91 bits per heavy atom. The summed E-state index contributed by atoms with van der Waals surface area (Å²) in [5, 5.41) is 0. The first kappa shape index (κ1) is 16.8. The minimum Gasteiger partial charge on any atom is -0.0654 e. The molecule has 0 bridgehead atoms. The number of benzene rings is 2. The van der Waals surface area contributed by atoms with Crippen molar-refractivity contribution in [2.75, 3.05) is 0 Å². The maximum absolute atomic E-state index is 3.37. The monoisotopic (exact) mass is 293 g/mol. The molecule has 0 atom stereocenters. The Labute approximate surface area is 136 Å². The van der Waals surface area contributed by atoms with E-state index in [4.69, 9.17) is 0 Å². The summed E-state index contributed by atoms with van der Waals surface area (Å²) in [6, 6.07) is 18.9. The van der Waals surface area contributed by atoms with Gasteiger partial charge < -0.3 is 0 Å². The van der Waals surface area contributed by atoms with Gasteiger partial charge in [0.25, 0.3) is 0 Å². The van der Waals surface area contributed by atoms with Crippen molar-refractivity contribution in [2.24, 2.45) is 0 Å². The van der Waals surface area contributed by atoms with Crippen molar-refractivity contribution in [2.45, 2.75) is 65.2 Å². The molecule has 0 heterocycles.